The van der Waals surface area contributed by atoms with E-state index in [0.29, 0.717) is 19.1 Å². The van der Waals surface area contributed by atoms with Crippen molar-refractivity contribution in [3.05, 3.63) is 0 Å². The van der Waals surface area contributed by atoms with E-state index in [0.717, 1.165) is 0 Å². The van der Waals surface area contributed by atoms with Crippen molar-refractivity contribution in [2.75, 3.05) is 20.3 Å². The van der Waals surface area contributed by atoms with Gasteiger partial charge in [0.15, 0.2) is 5.78 Å². The molecule has 1 N–H and O–H groups in total. The molecule has 0 rings (SSSR count). The summed E-state index contributed by atoms with van der Waals surface area (Å²) in [6.45, 7) is 9.21. The van der Waals surface area contributed by atoms with Gasteiger partial charge in [0, 0.05) is 12.5 Å². The molecule has 3 nitrogen and oxygen atoms in total. The number of hydrogen-bond donors (Lipinski definition) is 1. The first kappa shape index (κ1) is 13.6. The van der Waals surface area contributed by atoms with Crippen LogP contribution in [0.15, 0.2) is 0 Å². The van der Waals surface area contributed by atoms with Crippen LogP contribution in [-0.2, 0) is 9.53 Å². The average molecular weight is 201 g/mol. The first-order valence-corrected chi connectivity index (χ1v) is 5.27. The Hall–Kier alpha value is -0.410. The third-order valence-corrected chi connectivity index (χ3v) is 2.00. The highest BCUT2D eigenvalue weighted by Gasteiger charge is 2.19. The van der Waals surface area contributed by atoms with Gasteiger partial charge in [-0.15, -0.1) is 0 Å². The number of ketones is 1. The Balaban J connectivity index is 3.85. The molecule has 84 valence electrons. The summed E-state index contributed by atoms with van der Waals surface area (Å²) in [7, 11) is 1.80. The van der Waals surface area contributed by atoms with Gasteiger partial charge >= 0.3 is 0 Å². The largest absolute Gasteiger partial charge is 0.379 e. The van der Waals surface area contributed by atoms with Crippen LogP contribution < -0.4 is 5.32 Å². The maximum absolute atomic E-state index is 11.6. The number of carbonyl (C=O) groups excluding carboxylic acids is 1. The summed E-state index contributed by atoms with van der Waals surface area (Å²) in [6, 6.07) is -0.159. The standard InChI is InChI=1S/C11H23NO2/c1-8(2)6-14-7-10(12-5)11(13)9(3)4/h8-10,12H,6-7H2,1-5H3/t10-/m0/s1. The fourth-order valence-corrected chi connectivity index (χ4v) is 1.13. The molecule has 0 radical (unpaired) electrons. The van der Waals surface area contributed by atoms with E-state index < -0.39 is 0 Å². The van der Waals surface area contributed by atoms with E-state index in [-0.39, 0.29) is 17.7 Å². The maximum Gasteiger partial charge on any atom is 0.154 e. The van der Waals surface area contributed by atoms with Gasteiger partial charge in [-0.1, -0.05) is 27.7 Å². The molecule has 0 aromatic heterocycles. The van der Waals surface area contributed by atoms with Crippen molar-refractivity contribution >= 4 is 5.78 Å². The fraction of sp³-hybridized carbons (Fsp3) is 0.909. The molecule has 3 heteroatoms. The van der Waals surface area contributed by atoms with Crippen molar-refractivity contribution in [3.63, 3.8) is 0 Å². The molecule has 0 unspecified atom stereocenters. The van der Waals surface area contributed by atoms with Crippen LogP contribution in [0.1, 0.15) is 27.7 Å². The zero-order valence-corrected chi connectivity index (χ0v) is 9.96. The third-order valence-electron chi connectivity index (χ3n) is 2.00. The monoisotopic (exact) mass is 201 g/mol. The molecule has 0 aliphatic carbocycles. The molecule has 0 aromatic carbocycles. The summed E-state index contributed by atoms with van der Waals surface area (Å²) >= 11 is 0. The Morgan fingerprint density at radius 1 is 1.21 bits per heavy atom. The van der Waals surface area contributed by atoms with E-state index in [1.807, 2.05) is 13.8 Å². The molecule has 1 atom stereocenters. The van der Waals surface area contributed by atoms with Crippen molar-refractivity contribution in [1.29, 1.82) is 0 Å². The average Bonchev–Trinajstić information content (AvgIpc) is 2.10. The number of carbonyl (C=O) groups is 1. The Labute approximate surface area is 87.2 Å². The van der Waals surface area contributed by atoms with Crippen LogP contribution in [0.3, 0.4) is 0 Å². The fourth-order valence-electron chi connectivity index (χ4n) is 1.13. The second-order valence-electron chi connectivity index (χ2n) is 4.33. The van der Waals surface area contributed by atoms with E-state index in [2.05, 4.69) is 19.2 Å². The molecule has 0 fully saturated rings. The molecule has 0 saturated carbocycles. The predicted octanol–water partition coefficient (Wildman–Crippen LogP) is 1.47. The lowest BCUT2D eigenvalue weighted by Crippen LogP contribution is -2.40. The summed E-state index contributed by atoms with van der Waals surface area (Å²) in [5.41, 5.74) is 0. The molecule has 0 amide bonds. The molecule has 0 spiro atoms. The highest BCUT2D eigenvalue weighted by atomic mass is 16.5. The predicted molar refractivity (Wildman–Crippen MR) is 58.3 cm³/mol. The zero-order chi connectivity index (χ0) is 11.1. The second kappa shape index (κ2) is 6.96. The van der Waals surface area contributed by atoms with Gasteiger partial charge in [-0.05, 0) is 13.0 Å². The van der Waals surface area contributed by atoms with E-state index in [1.165, 1.54) is 0 Å². The van der Waals surface area contributed by atoms with Gasteiger partial charge in [0.05, 0.1) is 12.6 Å². The first-order valence-electron chi connectivity index (χ1n) is 5.27. The third kappa shape index (κ3) is 5.35. The van der Waals surface area contributed by atoms with E-state index in [1.54, 1.807) is 7.05 Å². The molecule has 0 aliphatic rings. The van der Waals surface area contributed by atoms with Crippen LogP contribution in [-0.4, -0.2) is 32.1 Å². The van der Waals surface area contributed by atoms with Crippen LogP contribution >= 0.6 is 0 Å². The molecule has 0 saturated heterocycles. The van der Waals surface area contributed by atoms with Crippen molar-refractivity contribution < 1.29 is 9.53 Å². The Kier molecular flexibility index (Phi) is 6.75. The SMILES string of the molecule is CN[C@@H](COCC(C)C)C(=O)C(C)C. The number of hydrogen-bond acceptors (Lipinski definition) is 3. The van der Waals surface area contributed by atoms with Gasteiger partial charge in [0.25, 0.3) is 0 Å². The van der Waals surface area contributed by atoms with Crippen LogP contribution in [0, 0.1) is 11.8 Å². The molecular formula is C11H23NO2. The number of Topliss-reactive ketones (excluding diaryl/α,β-unsaturated/α-hetero) is 1. The normalized spacial score (nSPS) is 13.6. The van der Waals surface area contributed by atoms with E-state index in [9.17, 15) is 4.79 Å². The minimum Gasteiger partial charge on any atom is -0.379 e. The molecule has 14 heavy (non-hydrogen) atoms. The van der Waals surface area contributed by atoms with Gasteiger partial charge in [0.1, 0.15) is 0 Å². The molecule has 0 bridgehead atoms. The van der Waals surface area contributed by atoms with Gasteiger partial charge < -0.3 is 10.1 Å². The minimum atomic E-state index is -0.159. The molecule has 0 heterocycles. The first-order chi connectivity index (χ1) is 6.49. The summed E-state index contributed by atoms with van der Waals surface area (Å²) in [6.07, 6.45) is 0. The van der Waals surface area contributed by atoms with Gasteiger partial charge in [0.2, 0.25) is 0 Å². The van der Waals surface area contributed by atoms with Crippen LogP contribution in [0.4, 0.5) is 0 Å². The number of ether oxygens (including phenoxy) is 1. The highest BCUT2D eigenvalue weighted by Crippen LogP contribution is 2.01. The van der Waals surface area contributed by atoms with Crippen LogP contribution in [0.2, 0.25) is 0 Å². The lowest BCUT2D eigenvalue weighted by molar-refractivity contribution is -0.125. The lowest BCUT2D eigenvalue weighted by Gasteiger charge is -2.17. The Morgan fingerprint density at radius 3 is 2.14 bits per heavy atom. The lowest BCUT2D eigenvalue weighted by atomic mass is 10.0. The van der Waals surface area contributed by atoms with Gasteiger partial charge in [-0.2, -0.15) is 0 Å². The Morgan fingerprint density at radius 2 is 1.79 bits per heavy atom. The van der Waals surface area contributed by atoms with Gasteiger partial charge in [-0.3, -0.25) is 4.79 Å². The van der Waals surface area contributed by atoms with Crippen LogP contribution in [0.25, 0.3) is 0 Å². The summed E-state index contributed by atoms with van der Waals surface area (Å²) in [5.74, 6) is 0.799. The number of rotatable bonds is 7. The zero-order valence-electron chi connectivity index (χ0n) is 9.96. The number of likely N-dealkylation sites (N-methyl/N-ethyl adjacent to an activating group) is 1. The van der Waals surface area contributed by atoms with E-state index in [4.69, 9.17) is 4.74 Å². The molecular weight excluding hydrogens is 178 g/mol. The van der Waals surface area contributed by atoms with E-state index >= 15 is 0 Å². The quantitative estimate of drug-likeness (QED) is 0.678. The van der Waals surface area contributed by atoms with Crippen LogP contribution in [0.5, 0.6) is 0 Å². The maximum atomic E-state index is 11.6. The van der Waals surface area contributed by atoms with Crippen molar-refractivity contribution in [2.24, 2.45) is 11.8 Å². The topological polar surface area (TPSA) is 38.3 Å². The molecule has 0 aromatic rings. The smallest absolute Gasteiger partial charge is 0.154 e. The number of nitrogens with one attached hydrogen (secondary N) is 1. The summed E-state index contributed by atoms with van der Waals surface area (Å²) < 4.78 is 5.44. The van der Waals surface area contributed by atoms with Crippen molar-refractivity contribution in [3.8, 4) is 0 Å². The van der Waals surface area contributed by atoms with Crippen molar-refractivity contribution in [2.45, 2.75) is 33.7 Å². The summed E-state index contributed by atoms with van der Waals surface area (Å²) in [5, 5.41) is 2.98. The second-order valence-corrected chi connectivity index (χ2v) is 4.33. The highest BCUT2D eigenvalue weighted by molar-refractivity contribution is 5.85. The minimum absolute atomic E-state index is 0.0649. The summed E-state index contributed by atoms with van der Waals surface area (Å²) in [4.78, 5) is 11.6. The van der Waals surface area contributed by atoms with Crippen molar-refractivity contribution in [1.82, 2.24) is 5.32 Å². The molecule has 0 aliphatic heterocycles. The van der Waals surface area contributed by atoms with Gasteiger partial charge in [-0.25, -0.2) is 0 Å². The Bertz CT molecular complexity index is 167.